The SMILES string of the molecule is Nc1cnc(Oc2ccccc2F)s1. The van der Waals surface area contributed by atoms with Crippen molar-refractivity contribution in [3.63, 3.8) is 0 Å². The van der Waals surface area contributed by atoms with Crippen molar-refractivity contribution >= 4 is 16.3 Å². The van der Waals surface area contributed by atoms with Crippen molar-refractivity contribution in [3.05, 3.63) is 36.3 Å². The van der Waals surface area contributed by atoms with E-state index in [2.05, 4.69) is 4.98 Å². The second-order valence-electron chi connectivity index (χ2n) is 2.56. The minimum Gasteiger partial charge on any atom is -0.428 e. The van der Waals surface area contributed by atoms with E-state index >= 15 is 0 Å². The number of aromatic nitrogens is 1. The number of rotatable bonds is 2. The highest BCUT2D eigenvalue weighted by Gasteiger charge is 2.05. The molecule has 0 aliphatic rings. The predicted octanol–water partition coefficient (Wildman–Crippen LogP) is 2.66. The number of benzene rings is 1. The molecular weight excluding hydrogens is 203 g/mol. The van der Waals surface area contributed by atoms with Crippen LogP contribution in [0.1, 0.15) is 0 Å². The fourth-order valence-corrected chi connectivity index (χ4v) is 1.48. The fourth-order valence-electron chi connectivity index (χ4n) is 0.939. The number of hydrogen-bond acceptors (Lipinski definition) is 4. The number of nitrogens with zero attached hydrogens (tertiary/aromatic N) is 1. The van der Waals surface area contributed by atoms with Gasteiger partial charge >= 0.3 is 0 Å². The first-order chi connectivity index (χ1) is 6.75. The second kappa shape index (κ2) is 3.63. The minimum absolute atomic E-state index is 0.154. The summed E-state index contributed by atoms with van der Waals surface area (Å²) in [6, 6.07) is 6.15. The zero-order chi connectivity index (χ0) is 9.97. The van der Waals surface area contributed by atoms with Gasteiger partial charge in [-0.1, -0.05) is 23.5 Å². The lowest BCUT2D eigenvalue weighted by atomic mass is 10.3. The number of nitrogens with two attached hydrogens (primary N) is 1. The van der Waals surface area contributed by atoms with E-state index in [0.29, 0.717) is 10.2 Å². The van der Waals surface area contributed by atoms with Crippen LogP contribution in [0.4, 0.5) is 9.39 Å². The number of thiazole rings is 1. The van der Waals surface area contributed by atoms with E-state index < -0.39 is 5.82 Å². The third-order valence-corrected chi connectivity index (χ3v) is 2.24. The number of hydrogen-bond donors (Lipinski definition) is 1. The Morgan fingerprint density at radius 1 is 1.36 bits per heavy atom. The zero-order valence-corrected chi connectivity index (χ0v) is 7.92. The molecule has 0 atom stereocenters. The summed E-state index contributed by atoms with van der Waals surface area (Å²) < 4.78 is 18.3. The van der Waals surface area contributed by atoms with E-state index in [0.717, 1.165) is 0 Å². The van der Waals surface area contributed by atoms with Crippen molar-refractivity contribution in [1.29, 1.82) is 0 Å². The Labute approximate surface area is 84.0 Å². The van der Waals surface area contributed by atoms with E-state index in [1.807, 2.05) is 0 Å². The van der Waals surface area contributed by atoms with E-state index in [-0.39, 0.29) is 5.75 Å². The Morgan fingerprint density at radius 3 is 2.79 bits per heavy atom. The molecule has 0 spiro atoms. The van der Waals surface area contributed by atoms with Crippen LogP contribution in [-0.4, -0.2) is 4.98 Å². The van der Waals surface area contributed by atoms with Gasteiger partial charge in [-0.2, -0.15) is 0 Å². The first-order valence-corrected chi connectivity index (χ1v) is 4.71. The summed E-state index contributed by atoms with van der Waals surface area (Å²) in [5.74, 6) is -0.261. The Hall–Kier alpha value is -1.62. The molecule has 0 amide bonds. The maximum Gasteiger partial charge on any atom is 0.280 e. The van der Waals surface area contributed by atoms with Crippen LogP contribution >= 0.6 is 11.3 Å². The highest BCUT2D eigenvalue weighted by atomic mass is 32.1. The predicted molar refractivity (Wildman–Crippen MR) is 53.0 cm³/mol. The molecule has 0 saturated carbocycles. The Balaban J connectivity index is 2.23. The molecule has 0 fully saturated rings. The van der Waals surface area contributed by atoms with Crippen LogP contribution in [-0.2, 0) is 0 Å². The van der Waals surface area contributed by atoms with Gasteiger partial charge in [-0.15, -0.1) is 0 Å². The highest BCUT2D eigenvalue weighted by Crippen LogP contribution is 2.28. The lowest BCUT2D eigenvalue weighted by Crippen LogP contribution is -1.86. The third kappa shape index (κ3) is 1.82. The summed E-state index contributed by atoms with van der Waals surface area (Å²) in [5, 5.41) is 0.879. The van der Waals surface area contributed by atoms with Gasteiger partial charge in [-0.25, -0.2) is 9.37 Å². The van der Waals surface area contributed by atoms with Crippen LogP contribution in [0.3, 0.4) is 0 Å². The van der Waals surface area contributed by atoms with Crippen molar-refractivity contribution in [2.45, 2.75) is 0 Å². The molecule has 1 heterocycles. The normalized spacial score (nSPS) is 10.1. The van der Waals surface area contributed by atoms with E-state index in [9.17, 15) is 4.39 Å². The zero-order valence-electron chi connectivity index (χ0n) is 7.11. The van der Waals surface area contributed by atoms with Gasteiger partial charge in [0.1, 0.15) is 5.00 Å². The molecule has 0 unspecified atom stereocenters. The molecule has 1 aromatic carbocycles. The van der Waals surface area contributed by atoms with E-state index in [4.69, 9.17) is 10.5 Å². The van der Waals surface area contributed by atoms with Crippen LogP contribution in [0.5, 0.6) is 10.9 Å². The molecule has 3 nitrogen and oxygen atoms in total. The molecule has 14 heavy (non-hydrogen) atoms. The van der Waals surface area contributed by atoms with Gasteiger partial charge in [-0.3, -0.25) is 0 Å². The summed E-state index contributed by atoms with van der Waals surface area (Å²) in [4.78, 5) is 3.86. The van der Waals surface area contributed by atoms with Crippen LogP contribution < -0.4 is 10.5 Å². The number of anilines is 1. The van der Waals surface area contributed by atoms with Crippen molar-refractivity contribution in [2.75, 3.05) is 5.73 Å². The quantitative estimate of drug-likeness (QED) is 0.828. The Kier molecular flexibility index (Phi) is 2.32. The largest absolute Gasteiger partial charge is 0.428 e. The molecule has 0 aliphatic carbocycles. The molecule has 0 aliphatic heterocycles. The topological polar surface area (TPSA) is 48.1 Å². The molecule has 2 rings (SSSR count). The molecule has 1 aromatic heterocycles. The Bertz CT molecular complexity index is 444. The standard InChI is InChI=1S/C9H7FN2OS/c10-6-3-1-2-4-7(6)13-9-12-5-8(11)14-9/h1-5H,11H2. The average Bonchev–Trinajstić information content (AvgIpc) is 2.56. The summed E-state index contributed by atoms with van der Waals surface area (Å²) in [5.41, 5.74) is 5.45. The molecule has 0 saturated heterocycles. The lowest BCUT2D eigenvalue weighted by molar-refractivity contribution is 0.439. The van der Waals surface area contributed by atoms with Gasteiger partial charge in [0.25, 0.3) is 5.19 Å². The fraction of sp³-hybridized carbons (Fsp3) is 0. The van der Waals surface area contributed by atoms with Gasteiger partial charge in [0, 0.05) is 0 Å². The molecular formula is C9H7FN2OS. The van der Waals surface area contributed by atoms with Crippen LogP contribution in [0.25, 0.3) is 0 Å². The number of ether oxygens (including phenoxy) is 1. The van der Waals surface area contributed by atoms with Gasteiger partial charge < -0.3 is 10.5 Å². The lowest BCUT2D eigenvalue weighted by Gasteiger charge is -2.01. The van der Waals surface area contributed by atoms with Crippen molar-refractivity contribution in [2.24, 2.45) is 0 Å². The van der Waals surface area contributed by atoms with Crippen LogP contribution in [0.2, 0.25) is 0 Å². The van der Waals surface area contributed by atoms with E-state index in [1.54, 1.807) is 12.1 Å². The van der Waals surface area contributed by atoms with Gasteiger partial charge in [0.15, 0.2) is 11.6 Å². The van der Waals surface area contributed by atoms with Crippen molar-refractivity contribution in [3.8, 4) is 10.9 Å². The summed E-state index contributed by atoms with van der Waals surface area (Å²) in [6.07, 6.45) is 1.47. The van der Waals surface area contributed by atoms with Crippen LogP contribution in [0.15, 0.2) is 30.5 Å². The first kappa shape index (κ1) is 8.96. The first-order valence-electron chi connectivity index (χ1n) is 3.89. The monoisotopic (exact) mass is 210 g/mol. The minimum atomic E-state index is -0.415. The van der Waals surface area contributed by atoms with Gasteiger partial charge in [0.05, 0.1) is 6.20 Å². The number of nitrogen functional groups attached to an aromatic ring is 1. The second-order valence-corrected chi connectivity index (χ2v) is 3.59. The smallest absolute Gasteiger partial charge is 0.280 e. The number of para-hydroxylation sites is 1. The molecule has 0 bridgehead atoms. The summed E-state index contributed by atoms with van der Waals surface area (Å²) in [6.45, 7) is 0. The van der Waals surface area contributed by atoms with Crippen LogP contribution in [0, 0.1) is 5.82 Å². The molecule has 72 valence electrons. The molecule has 2 N–H and O–H groups in total. The summed E-state index contributed by atoms with van der Waals surface area (Å²) in [7, 11) is 0. The molecule has 2 aromatic rings. The summed E-state index contributed by atoms with van der Waals surface area (Å²) >= 11 is 1.17. The third-order valence-electron chi connectivity index (χ3n) is 1.54. The molecule has 5 heteroatoms. The van der Waals surface area contributed by atoms with Crippen molar-refractivity contribution in [1.82, 2.24) is 4.98 Å². The highest BCUT2D eigenvalue weighted by molar-refractivity contribution is 7.17. The molecule has 0 radical (unpaired) electrons. The Morgan fingerprint density at radius 2 is 2.14 bits per heavy atom. The maximum atomic E-state index is 13.1. The van der Waals surface area contributed by atoms with Gasteiger partial charge in [0.2, 0.25) is 0 Å². The van der Waals surface area contributed by atoms with E-state index in [1.165, 1.54) is 29.7 Å². The average molecular weight is 210 g/mol. The number of halogens is 1. The maximum absolute atomic E-state index is 13.1. The van der Waals surface area contributed by atoms with Crippen molar-refractivity contribution < 1.29 is 9.13 Å². The van der Waals surface area contributed by atoms with Gasteiger partial charge in [-0.05, 0) is 12.1 Å².